The Bertz CT molecular complexity index is 2570. The summed E-state index contributed by atoms with van der Waals surface area (Å²) in [7, 11) is 0. The second-order valence-electron chi connectivity index (χ2n) is 23.1. The van der Waals surface area contributed by atoms with Gasteiger partial charge < -0.3 is 30.3 Å². The summed E-state index contributed by atoms with van der Waals surface area (Å²) >= 11 is 0. The molecule has 10 heteroatoms. The van der Waals surface area contributed by atoms with Crippen LogP contribution >= 0.6 is 0 Å². The van der Waals surface area contributed by atoms with Gasteiger partial charge in [0.2, 0.25) is 0 Å². The summed E-state index contributed by atoms with van der Waals surface area (Å²) in [5, 5.41) is 31.2. The van der Waals surface area contributed by atoms with Gasteiger partial charge in [-0.1, -0.05) is 144 Å². The molecule has 368 valence electrons. The quantitative estimate of drug-likeness (QED) is 0.106. The zero-order chi connectivity index (χ0) is 50.8. The highest BCUT2D eigenvalue weighted by Gasteiger charge is 2.29. The van der Waals surface area contributed by atoms with Gasteiger partial charge in [0, 0.05) is 63.6 Å². The third-order valence-corrected chi connectivity index (χ3v) is 13.1. The van der Waals surface area contributed by atoms with E-state index >= 15 is 0 Å². The van der Waals surface area contributed by atoms with Gasteiger partial charge in [-0.2, -0.15) is 0 Å². The van der Waals surface area contributed by atoms with Gasteiger partial charge >= 0.3 is 0 Å². The maximum atomic E-state index is 13.6. The van der Waals surface area contributed by atoms with E-state index in [2.05, 4.69) is 152 Å². The number of hydrogen-bond donors (Lipinski definition) is 4. The summed E-state index contributed by atoms with van der Waals surface area (Å²) in [6.07, 6.45) is 8.00. The van der Waals surface area contributed by atoms with E-state index in [1.807, 2.05) is 24.3 Å². The fourth-order valence-electron chi connectivity index (χ4n) is 8.80. The molecule has 0 saturated heterocycles. The molecule has 0 atom stereocenters. The van der Waals surface area contributed by atoms with Crippen LogP contribution in [0.5, 0.6) is 23.0 Å². The van der Waals surface area contributed by atoms with Crippen LogP contribution in [0.2, 0.25) is 0 Å². The average Bonchev–Trinajstić information content (AvgIpc) is 3.28. The molecule has 8 bridgehead atoms. The number of amides is 2. The number of phenolic OH excluding ortho intramolecular Hbond substituents is 2. The van der Waals surface area contributed by atoms with Crippen molar-refractivity contribution in [1.82, 2.24) is 20.6 Å². The van der Waals surface area contributed by atoms with E-state index in [1.165, 1.54) is 0 Å². The Labute approximate surface area is 415 Å². The normalized spacial score (nSPS) is 13.1. The number of ether oxygens (including phenoxy) is 2. The first-order valence-electron chi connectivity index (χ1n) is 24.4. The minimum absolute atomic E-state index is 0.156. The van der Waals surface area contributed by atoms with E-state index in [0.717, 1.165) is 55.6 Å². The highest BCUT2D eigenvalue weighted by atomic mass is 16.5. The Morgan fingerprint density at radius 3 is 0.986 bits per heavy atom. The predicted octanol–water partition coefficient (Wildman–Crippen LogP) is 11.1. The monoisotopic (exact) mass is 945 g/mol. The van der Waals surface area contributed by atoms with Gasteiger partial charge in [0.15, 0.2) is 13.2 Å². The number of fused-ring (bicyclic) bond motifs is 8. The molecule has 0 aliphatic heterocycles. The van der Waals surface area contributed by atoms with Crippen LogP contribution in [0.3, 0.4) is 0 Å². The van der Waals surface area contributed by atoms with E-state index in [-0.39, 0.29) is 58.2 Å². The smallest absolute Gasteiger partial charge is 0.258 e. The topological polar surface area (TPSA) is 143 Å². The second-order valence-corrected chi connectivity index (χ2v) is 23.1. The van der Waals surface area contributed by atoms with Crippen molar-refractivity contribution >= 4 is 11.8 Å². The first-order valence-corrected chi connectivity index (χ1v) is 24.4. The maximum absolute atomic E-state index is 13.6. The number of hydrogen-bond acceptors (Lipinski definition) is 8. The van der Waals surface area contributed by atoms with Crippen molar-refractivity contribution in [2.24, 2.45) is 0 Å². The van der Waals surface area contributed by atoms with Crippen LogP contribution in [0.25, 0.3) is 0 Å². The van der Waals surface area contributed by atoms with E-state index in [0.29, 0.717) is 72.5 Å². The molecule has 70 heavy (non-hydrogen) atoms. The van der Waals surface area contributed by atoms with Gasteiger partial charge in [-0.25, -0.2) is 0 Å². The summed E-state index contributed by atoms with van der Waals surface area (Å²) in [6.45, 7) is 26.1. The van der Waals surface area contributed by atoms with Gasteiger partial charge in [-0.05, 0) is 112 Å². The zero-order valence-electron chi connectivity index (χ0n) is 43.3. The van der Waals surface area contributed by atoms with Gasteiger partial charge in [-0.15, -0.1) is 0 Å². The van der Waals surface area contributed by atoms with Crippen molar-refractivity contribution in [3.05, 3.63) is 175 Å². The first kappa shape index (κ1) is 51.2. The SMILES string of the molecule is CC(C)(C)c1cc2c(O)c(c1)Cc1cc(C(C)(C)C)cc(c1OCC(=O)NCc1cccnc1)Cc1cc(C(C)(C)C)cc(c1O)Cc1cc(C(C)(C)C)cc(c1OCC(=O)NCc1cccnc1)C2. The largest absolute Gasteiger partial charge is 0.507 e. The minimum Gasteiger partial charge on any atom is -0.507 e. The third kappa shape index (κ3) is 12.6. The van der Waals surface area contributed by atoms with Crippen molar-refractivity contribution in [2.45, 2.75) is 144 Å². The lowest BCUT2D eigenvalue weighted by molar-refractivity contribution is -0.124. The molecule has 4 aromatic carbocycles. The van der Waals surface area contributed by atoms with Crippen LogP contribution in [0.4, 0.5) is 0 Å². The van der Waals surface area contributed by atoms with Crippen LogP contribution < -0.4 is 20.1 Å². The average molecular weight is 945 g/mol. The van der Waals surface area contributed by atoms with E-state index in [1.54, 1.807) is 24.8 Å². The lowest BCUT2D eigenvalue weighted by Gasteiger charge is -2.28. The molecule has 0 fully saturated rings. The number of aromatic hydroxyl groups is 2. The Morgan fingerprint density at radius 1 is 0.471 bits per heavy atom. The maximum Gasteiger partial charge on any atom is 0.258 e. The number of pyridine rings is 2. The first-order chi connectivity index (χ1) is 32.8. The number of rotatable bonds is 10. The fraction of sp³-hybridized carbons (Fsp3) is 0.400. The van der Waals surface area contributed by atoms with E-state index < -0.39 is 0 Å². The number of aromatic nitrogens is 2. The third-order valence-electron chi connectivity index (χ3n) is 13.1. The molecule has 1 aliphatic carbocycles. The van der Waals surface area contributed by atoms with Crippen LogP contribution in [-0.2, 0) is 70.0 Å². The molecule has 7 rings (SSSR count). The molecule has 0 saturated carbocycles. The summed E-state index contributed by atoms with van der Waals surface area (Å²) < 4.78 is 13.4. The highest BCUT2D eigenvalue weighted by molar-refractivity contribution is 5.78. The lowest BCUT2D eigenvalue weighted by Crippen LogP contribution is -2.29. The molecule has 2 aromatic heterocycles. The van der Waals surface area contributed by atoms with Crippen molar-refractivity contribution in [1.29, 1.82) is 0 Å². The molecule has 4 N–H and O–H groups in total. The molecule has 2 heterocycles. The zero-order valence-corrected chi connectivity index (χ0v) is 43.3. The molecular weight excluding hydrogens is 873 g/mol. The van der Waals surface area contributed by atoms with Gasteiger partial charge in [0.1, 0.15) is 23.0 Å². The predicted molar refractivity (Wildman–Crippen MR) is 278 cm³/mol. The summed E-state index contributed by atoms with van der Waals surface area (Å²) in [4.78, 5) is 35.5. The van der Waals surface area contributed by atoms with Gasteiger partial charge in [0.25, 0.3) is 11.8 Å². The number of carbonyl (C=O) groups is 2. The molecule has 10 nitrogen and oxygen atoms in total. The van der Waals surface area contributed by atoms with E-state index in [9.17, 15) is 19.8 Å². The standard InChI is InChI=1S/C60H72N4O6/c1-57(2,3)47-23-39-19-43-27-49(59(7,8)9)29-45(55(43)69-35-51(65)63-33-37-15-13-17-61-31-37)21-41-25-48(58(4,5)6)26-42(54(41)68)22-46-30-50(60(10,11)12)28-44(20-40(24-47)53(39)67)56(46)70-36-52(66)64-34-38-16-14-18-62-32-38/h13-18,23-32,67-68H,19-22,33-36H2,1-12H3,(H,63,65)(H,64,66). The lowest BCUT2D eigenvalue weighted by atomic mass is 9.79. The molecule has 2 amide bonds. The number of carbonyl (C=O) groups excluding carboxylic acids is 2. The minimum atomic E-state index is -0.294. The summed E-state index contributed by atoms with van der Waals surface area (Å²) in [6, 6.07) is 24.4. The van der Waals surface area contributed by atoms with Crippen LogP contribution in [0.1, 0.15) is 161 Å². The Hall–Kier alpha value is -6.68. The van der Waals surface area contributed by atoms with Crippen LogP contribution in [0.15, 0.2) is 97.6 Å². The van der Waals surface area contributed by atoms with Gasteiger partial charge in [-0.3, -0.25) is 19.6 Å². The molecule has 0 radical (unpaired) electrons. The molecule has 1 aliphatic rings. The summed E-state index contributed by atoms with van der Waals surface area (Å²) in [5.41, 5.74) is 10.9. The number of nitrogens with one attached hydrogen (secondary N) is 2. The van der Waals surface area contributed by atoms with Crippen molar-refractivity contribution in [2.75, 3.05) is 13.2 Å². The number of benzene rings is 4. The van der Waals surface area contributed by atoms with Crippen molar-refractivity contribution in [3.63, 3.8) is 0 Å². The van der Waals surface area contributed by atoms with Crippen molar-refractivity contribution in [3.8, 4) is 23.0 Å². The molecule has 0 unspecified atom stereocenters. The Kier molecular flexibility index (Phi) is 14.9. The van der Waals surface area contributed by atoms with E-state index in [4.69, 9.17) is 9.47 Å². The second kappa shape index (κ2) is 20.3. The number of nitrogens with zero attached hydrogens (tertiary/aromatic N) is 2. The molecular formula is C60H72N4O6. The van der Waals surface area contributed by atoms with Crippen molar-refractivity contribution < 1.29 is 29.3 Å². The fourth-order valence-corrected chi connectivity index (χ4v) is 8.80. The molecule has 0 spiro atoms. The van der Waals surface area contributed by atoms with Crippen LogP contribution in [0, 0.1) is 0 Å². The Balaban J connectivity index is 1.45. The summed E-state index contributed by atoms with van der Waals surface area (Å²) in [5.74, 6) is 0.813. The number of phenols is 2. The highest BCUT2D eigenvalue weighted by Crippen LogP contribution is 2.44. The Morgan fingerprint density at radius 2 is 0.743 bits per heavy atom. The van der Waals surface area contributed by atoms with Gasteiger partial charge in [0.05, 0.1) is 0 Å². The van der Waals surface area contributed by atoms with Crippen LogP contribution in [-0.4, -0.2) is 45.2 Å². The molecule has 6 aromatic rings.